The van der Waals surface area contributed by atoms with Gasteiger partial charge in [-0.25, -0.2) is 28.1 Å². The Morgan fingerprint density at radius 2 is 0.814 bits per heavy atom. The molecule has 16 nitrogen and oxygen atoms in total. The molecule has 9 aromatic rings. The average Bonchev–Trinajstić information content (AvgIpc) is 1.67. The normalized spacial score (nSPS) is 18.1. The van der Waals surface area contributed by atoms with Crippen LogP contribution in [0.2, 0.25) is 0 Å². The first-order chi connectivity index (χ1) is 45.5. The number of aromatic nitrogens is 6. The zero-order valence-corrected chi connectivity index (χ0v) is 59.0. The molecule has 97 heavy (non-hydrogen) atoms. The van der Waals surface area contributed by atoms with Gasteiger partial charge in [0.15, 0.2) is 0 Å². The van der Waals surface area contributed by atoms with Crippen LogP contribution in [0.25, 0.3) is 56.8 Å². The second-order valence-corrected chi connectivity index (χ2v) is 29.4. The number of nitrogens with zero attached hydrogens (tertiary/aromatic N) is 8. The molecule has 2 N–H and O–H groups in total. The molecule has 3 aromatic heterocycles. The van der Waals surface area contributed by atoms with Crippen molar-refractivity contribution in [2.75, 3.05) is 21.3 Å². The number of methoxy groups -OCH3 is 3. The van der Waals surface area contributed by atoms with Gasteiger partial charge in [-0.05, 0) is 202 Å². The highest BCUT2D eigenvalue weighted by atomic mass is 79.9. The van der Waals surface area contributed by atoms with Crippen molar-refractivity contribution < 1.29 is 51.8 Å². The molecule has 0 saturated carbocycles. The molecule has 3 aliphatic heterocycles. The minimum atomic E-state index is -1.24. The molecule has 2 saturated heterocycles. The SMILES string of the molecule is COc1ccccc1-c1nc(C2(O)CC(C)(C)OC(C)(C)C2)cn1-c1ccc(F)c(Br)c1.COc1ccccc1-c1nc(C2(O)CC(C)(C)OC(C)(C)C2)cn1-c1ccc(F)c(C#N)c1.COc1ccccc1-c1nc(C2=CC(C)(C)OC(C)(C)C2)cn1-c1ccc(F)c(C#N)c1. The third kappa shape index (κ3) is 15.6. The Balaban J connectivity index is 0.000000158. The molecule has 0 atom stereocenters. The van der Waals surface area contributed by atoms with Crippen LogP contribution in [0.15, 0.2) is 157 Å². The quantitative estimate of drug-likeness (QED) is 0.117. The molecule has 0 radical (unpaired) electrons. The minimum absolute atomic E-state index is 0.0173. The van der Waals surface area contributed by atoms with Gasteiger partial charge in [0.25, 0.3) is 0 Å². The van der Waals surface area contributed by atoms with Crippen molar-refractivity contribution in [3.63, 3.8) is 0 Å². The molecule has 0 aliphatic carbocycles. The summed E-state index contributed by atoms with van der Waals surface area (Å²) in [6.45, 7) is 23.9. The number of benzene rings is 6. The van der Waals surface area contributed by atoms with Crippen LogP contribution in [0.4, 0.5) is 13.2 Å². The van der Waals surface area contributed by atoms with E-state index >= 15 is 0 Å². The van der Waals surface area contributed by atoms with Crippen LogP contribution in [-0.2, 0) is 25.4 Å². The highest BCUT2D eigenvalue weighted by molar-refractivity contribution is 9.10. The molecule has 6 aromatic carbocycles. The van der Waals surface area contributed by atoms with E-state index in [-0.39, 0.29) is 22.5 Å². The topological polar surface area (TPSA) is 197 Å². The molecule has 12 rings (SSSR count). The number of aliphatic hydroxyl groups is 2. The third-order valence-electron chi connectivity index (χ3n) is 17.0. The van der Waals surface area contributed by atoms with Crippen LogP contribution in [0.3, 0.4) is 0 Å². The summed E-state index contributed by atoms with van der Waals surface area (Å²) < 4.78 is 83.1. The fourth-order valence-corrected chi connectivity index (χ4v) is 14.7. The zero-order chi connectivity index (χ0) is 70.4. The van der Waals surface area contributed by atoms with E-state index in [4.69, 9.17) is 43.4 Å². The molecule has 2 fully saturated rings. The summed E-state index contributed by atoms with van der Waals surface area (Å²) >= 11 is 3.28. The van der Waals surface area contributed by atoms with Crippen molar-refractivity contribution in [1.82, 2.24) is 28.7 Å². The van der Waals surface area contributed by atoms with E-state index in [1.807, 2.05) is 176 Å². The monoisotopic (exact) mass is 1380 g/mol. The highest BCUT2D eigenvalue weighted by Gasteiger charge is 2.51. The van der Waals surface area contributed by atoms with Gasteiger partial charge in [0.1, 0.15) is 75.5 Å². The molecule has 0 amide bonds. The second kappa shape index (κ2) is 26.9. The standard InChI is InChI=1S/C26H28FN3O3.C26H26FN3O2.C25H28BrFN2O3/c1-24(2)15-26(31,16-25(3,4)33-24)22-14-30(18-10-11-20(27)17(12-18)13-28)23(29-22)19-8-6-7-9-21(19)32-5;1-25(2)13-18(14-26(3,4)32-25)22-16-30(19-10-11-21(27)17(12-19)15-28)24(29-22)20-8-6-7-9-23(20)31-5;1-23(2)14-25(30,15-24(3,4)32-23)21-13-29(16-10-11-19(27)18(26)12-16)22(28-21)17-8-6-7-9-20(17)31-5/h6-12,14,31H,15-16H2,1-5H3;6-13,16H,14H2,1-5H3;6-13,30H,14-15H2,1-5H3. The van der Waals surface area contributed by atoms with Gasteiger partial charge < -0.3 is 38.6 Å². The van der Waals surface area contributed by atoms with E-state index in [1.165, 1.54) is 30.3 Å². The lowest BCUT2D eigenvalue weighted by molar-refractivity contribution is -0.225. The number of hydrogen-bond donors (Lipinski definition) is 2. The van der Waals surface area contributed by atoms with Crippen LogP contribution in [0.1, 0.15) is 143 Å². The number of halogens is 4. The molecule has 0 unspecified atom stereocenters. The summed E-state index contributed by atoms with van der Waals surface area (Å²) in [7, 11) is 4.80. The Bertz CT molecular complexity index is 4520. The third-order valence-corrected chi connectivity index (χ3v) is 17.6. The van der Waals surface area contributed by atoms with E-state index in [9.17, 15) is 33.9 Å². The first-order valence-electron chi connectivity index (χ1n) is 31.8. The molecular formula is C77H82BrF3N8O8. The van der Waals surface area contributed by atoms with Gasteiger partial charge in [0.05, 0.1) is 104 Å². The largest absolute Gasteiger partial charge is 0.496 e. The summed E-state index contributed by atoms with van der Waals surface area (Å²) in [4.78, 5) is 14.8. The van der Waals surface area contributed by atoms with Crippen LogP contribution in [0.5, 0.6) is 17.2 Å². The van der Waals surface area contributed by atoms with Crippen LogP contribution in [0, 0.1) is 40.1 Å². The lowest BCUT2D eigenvalue weighted by Crippen LogP contribution is -2.52. The average molecular weight is 1380 g/mol. The fourth-order valence-electron chi connectivity index (χ4n) is 14.3. The molecule has 506 valence electrons. The van der Waals surface area contributed by atoms with Crippen molar-refractivity contribution >= 4 is 21.5 Å². The Morgan fingerprint density at radius 3 is 1.18 bits per heavy atom. The number of imidazole rings is 3. The molecule has 3 aliphatic rings. The molecule has 20 heteroatoms. The molecule has 6 heterocycles. The maximum absolute atomic E-state index is 14.0. The van der Waals surface area contributed by atoms with Gasteiger partial charge >= 0.3 is 0 Å². The minimum Gasteiger partial charge on any atom is -0.496 e. The van der Waals surface area contributed by atoms with Gasteiger partial charge in [-0.2, -0.15) is 10.5 Å². The lowest BCUT2D eigenvalue weighted by Gasteiger charge is -2.49. The second-order valence-electron chi connectivity index (χ2n) is 28.5. The van der Waals surface area contributed by atoms with Crippen LogP contribution in [-0.4, -0.2) is 93.8 Å². The zero-order valence-electron chi connectivity index (χ0n) is 57.4. The van der Waals surface area contributed by atoms with Crippen molar-refractivity contribution in [2.45, 2.75) is 160 Å². The Morgan fingerprint density at radius 1 is 0.464 bits per heavy atom. The number of rotatable bonds is 12. The van der Waals surface area contributed by atoms with E-state index in [0.29, 0.717) is 105 Å². The fraction of sp³-hybridized carbons (Fsp3) is 0.364. The van der Waals surface area contributed by atoms with Gasteiger partial charge in [-0.3, -0.25) is 13.7 Å². The maximum atomic E-state index is 14.0. The van der Waals surface area contributed by atoms with Gasteiger partial charge in [0.2, 0.25) is 0 Å². The van der Waals surface area contributed by atoms with E-state index < -0.39 is 50.8 Å². The van der Waals surface area contributed by atoms with Gasteiger partial charge in [-0.1, -0.05) is 36.4 Å². The molecular weight excluding hydrogens is 1300 g/mol. The highest BCUT2D eigenvalue weighted by Crippen LogP contribution is 2.50. The molecule has 0 spiro atoms. The van der Waals surface area contributed by atoms with Crippen LogP contribution >= 0.6 is 15.9 Å². The predicted molar refractivity (Wildman–Crippen MR) is 370 cm³/mol. The number of para-hydroxylation sites is 3. The number of nitriles is 2. The summed E-state index contributed by atoms with van der Waals surface area (Å²) in [5.41, 5.74) is 1.64. The number of ether oxygens (including phenoxy) is 6. The first-order valence-corrected chi connectivity index (χ1v) is 32.6. The van der Waals surface area contributed by atoms with Crippen LogP contribution < -0.4 is 14.2 Å². The summed E-state index contributed by atoms with van der Waals surface area (Å²) in [6.07, 6.45) is 9.84. The van der Waals surface area contributed by atoms with Crippen molar-refractivity contribution in [3.8, 4) is 80.6 Å². The Kier molecular flexibility index (Phi) is 19.6. The van der Waals surface area contributed by atoms with E-state index in [1.54, 1.807) is 56.4 Å². The lowest BCUT2D eigenvalue weighted by atomic mass is 9.76. The van der Waals surface area contributed by atoms with E-state index in [2.05, 4.69) is 35.9 Å². The van der Waals surface area contributed by atoms with Gasteiger partial charge in [0, 0.05) is 67.8 Å². The van der Waals surface area contributed by atoms with Gasteiger partial charge in [-0.15, -0.1) is 0 Å². The maximum Gasteiger partial charge on any atom is 0.148 e. The van der Waals surface area contributed by atoms with Crippen molar-refractivity contribution in [2.24, 2.45) is 0 Å². The Labute approximate surface area is 573 Å². The number of hydrogen-bond acceptors (Lipinski definition) is 13. The summed E-state index contributed by atoms with van der Waals surface area (Å²) in [6, 6.07) is 40.0. The van der Waals surface area contributed by atoms with Crippen molar-refractivity contribution in [3.05, 3.63) is 202 Å². The first kappa shape index (κ1) is 70.9. The summed E-state index contributed by atoms with van der Waals surface area (Å²) in [5, 5.41) is 42.3. The predicted octanol–water partition coefficient (Wildman–Crippen LogP) is 17.0. The smallest absolute Gasteiger partial charge is 0.148 e. The summed E-state index contributed by atoms with van der Waals surface area (Å²) in [5.74, 6) is 2.23. The van der Waals surface area contributed by atoms with Crippen molar-refractivity contribution in [1.29, 1.82) is 10.5 Å². The van der Waals surface area contributed by atoms with E-state index in [0.717, 1.165) is 22.4 Å². The Hall–Kier alpha value is -8.86. The molecule has 0 bridgehead atoms.